The van der Waals surface area contributed by atoms with Gasteiger partial charge in [0.15, 0.2) is 0 Å². The number of methoxy groups -OCH3 is 1. The monoisotopic (exact) mass is 289 g/mol. The Morgan fingerprint density at radius 3 is 2.10 bits per heavy atom. The fourth-order valence-electron chi connectivity index (χ4n) is 3.91. The van der Waals surface area contributed by atoms with Gasteiger partial charge < -0.3 is 10.1 Å². The van der Waals surface area contributed by atoms with Crippen LogP contribution in [-0.4, -0.2) is 19.7 Å². The third-order valence-corrected chi connectivity index (χ3v) is 5.48. The molecule has 0 aromatic heterocycles. The summed E-state index contributed by atoms with van der Waals surface area (Å²) in [6.45, 7) is 10.2. The molecule has 0 spiro atoms. The summed E-state index contributed by atoms with van der Waals surface area (Å²) in [5.41, 5.74) is 2.33. The maximum atomic E-state index is 5.30. The second-order valence-corrected chi connectivity index (χ2v) is 7.11. The van der Waals surface area contributed by atoms with E-state index < -0.39 is 0 Å². The molecular weight excluding hydrogens is 258 g/mol. The number of nitrogens with one attached hydrogen (secondary N) is 1. The van der Waals surface area contributed by atoms with Crippen molar-refractivity contribution >= 4 is 0 Å². The van der Waals surface area contributed by atoms with Crippen LogP contribution in [0.4, 0.5) is 0 Å². The fourth-order valence-corrected chi connectivity index (χ4v) is 3.91. The quantitative estimate of drug-likeness (QED) is 0.796. The van der Waals surface area contributed by atoms with Gasteiger partial charge in [0.1, 0.15) is 5.75 Å². The summed E-state index contributed by atoms with van der Waals surface area (Å²) in [4.78, 5) is 0. The maximum Gasteiger partial charge on any atom is 0.118 e. The largest absolute Gasteiger partial charge is 0.497 e. The molecule has 0 atom stereocenters. The molecule has 0 saturated heterocycles. The van der Waals surface area contributed by atoms with Gasteiger partial charge in [0.25, 0.3) is 0 Å². The van der Waals surface area contributed by atoms with E-state index in [1.165, 1.54) is 31.2 Å². The lowest BCUT2D eigenvalue weighted by molar-refractivity contribution is 0.0118. The minimum Gasteiger partial charge on any atom is -0.497 e. The van der Waals surface area contributed by atoms with E-state index in [1.54, 1.807) is 7.11 Å². The van der Waals surface area contributed by atoms with Crippen molar-refractivity contribution in [1.82, 2.24) is 5.32 Å². The van der Waals surface area contributed by atoms with Gasteiger partial charge in [-0.05, 0) is 36.0 Å². The molecule has 1 aromatic carbocycles. The Bertz CT molecular complexity index is 437. The van der Waals surface area contributed by atoms with E-state index in [0.29, 0.717) is 16.9 Å². The van der Waals surface area contributed by atoms with Crippen LogP contribution in [0.2, 0.25) is 0 Å². The Hall–Kier alpha value is -1.02. The van der Waals surface area contributed by atoms with Crippen molar-refractivity contribution < 1.29 is 4.74 Å². The molecule has 1 saturated carbocycles. The lowest BCUT2D eigenvalue weighted by atomic mass is 9.48. The van der Waals surface area contributed by atoms with E-state index in [4.69, 9.17) is 4.74 Å². The van der Waals surface area contributed by atoms with E-state index >= 15 is 0 Å². The number of rotatable bonds is 7. The van der Waals surface area contributed by atoms with Crippen LogP contribution < -0.4 is 10.1 Å². The number of ether oxygens (including phenoxy) is 1. The van der Waals surface area contributed by atoms with Gasteiger partial charge >= 0.3 is 0 Å². The standard InChI is InChI=1S/C19H31NO/c1-6-18(7-2)12-19(13-18,14-20-15(3)4)16-8-10-17(21-5)11-9-16/h8-11,15,20H,6-7,12-14H2,1-5H3. The smallest absolute Gasteiger partial charge is 0.118 e. The zero-order valence-corrected chi connectivity index (χ0v) is 14.3. The number of hydrogen-bond donors (Lipinski definition) is 1. The minimum atomic E-state index is 0.308. The number of hydrogen-bond acceptors (Lipinski definition) is 2. The zero-order valence-electron chi connectivity index (χ0n) is 14.3. The van der Waals surface area contributed by atoms with Crippen LogP contribution in [0.25, 0.3) is 0 Å². The molecule has 1 aliphatic carbocycles. The van der Waals surface area contributed by atoms with Crippen molar-refractivity contribution in [2.75, 3.05) is 13.7 Å². The lowest BCUT2D eigenvalue weighted by Gasteiger charge is -2.57. The van der Waals surface area contributed by atoms with Crippen molar-refractivity contribution in [3.05, 3.63) is 29.8 Å². The van der Waals surface area contributed by atoms with Crippen LogP contribution in [0.5, 0.6) is 5.75 Å². The first-order valence-electron chi connectivity index (χ1n) is 8.37. The molecule has 118 valence electrons. The average molecular weight is 289 g/mol. The van der Waals surface area contributed by atoms with Crippen molar-refractivity contribution in [1.29, 1.82) is 0 Å². The Morgan fingerprint density at radius 1 is 1.10 bits per heavy atom. The Kier molecular flexibility index (Phi) is 4.98. The topological polar surface area (TPSA) is 21.3 Å². The highest BCUT2D eigenvalue weighted by molar-refractivity contribution is 5.36. The van der Waals surface area contributed by atoms with Crippen molar-refractivity contribution in [3.8, 4) is 5.75 Å². The van der Waals surface area contributed by atoms with Crippen molar-refractivity contribution in [2.24, 2.45) is 5.41 Å². The molecule has 0 unspecified atom stereocenters. The average Bonchev–Trinajstić information content (AvgIpc) is 2.47. The van der Waals surface area contributed by atoms with Gasteiger partial charge in [-0.2, -0.15) is 0 Å². The predicted molar refractivity (Wildman–Crippen MR) is 90.1 cm³/mol. The summed E-state index contributed by atoms with van der Waals surface area (Å²) in [7, 11) is 1.73. The van der Waals surface area contributed by atoms with Gasteiger partial charge in [0, 0.05) is 18.0 Å². The first-order chi connectivity index (χ1) is 9.99. The summed E-state index contributed by atoms with van der Waals surface area (Å²) in [6.07, 6.45) is 5.20. The van der Waals surface area contributed by atoms with Gasteiger partial charge in [-0.25, -0.2) is 0 Å². The van der Waals surface area contributed by atoms with Gasteiger partial charge in [-0.1, -0.05) is 52.7 Å². The van der Waals surface area contributed by atoms with E-state index in [1.807, 2.05) is 0 Å². The highest BCUT2D eigenvalue weighted by Gasteiger charge is 2.52. The van der Waals surface area contributed by atoms with Crippen LogP contribution in [0, 0.1) is 5.41 Å². The van der Waals surface area contributed by atoms with Gasteiger partial charge in [0.2, 0.25) is 0 Å². The molecule has 2 nitrogen and oxygen atoms in total. The maximum absolute atomic E-state index is 5.30. The second-order valence-electron chi connectivity index (χ2n) is 7.11. The molecule has 0 radical (unpaired) electrons. The molecule has 1 aliphatic rings. The Morgan fingerprint density at radius 2 is 1.67 bits per heavy atom. The normalized spacial score (nSPS) is 19.3. The molecule has 0 aliphatic heterocycles. The predicted octanol–water partition coefficient (Wildman–Crippen LogP) is 4.53. The summed E-state index contributed by atoms with van der Waals surface area (Å²) in [5.74, 6) is 0.947. The molecule has 1 N–H and O–H groups in total. The van der Waals surface area contributed by atoms with Crippen LogP contribution >= 0.6 is 0 Å². The van der Waals surface area contributed by atoms with E-state index in [2.05, 4.69) is 57.3 Å². The molecule has 0 amide bonds. The van der Waals surface area contributed by atoms with Gasteiger partial charge in [-0.15, -0.1) is 0 Å². The van der Waals surface area contributed by atoms with E-state index in [9.17, 15) is 0 Å². The van der Waals surface area contributed by atoms with E-state index in [-0.39, 0.29) is 0 Å². The molecule has 2 heteroatoms. The van der Waals surface area contributed by atoms with Crippen molar-refractivity contribution in [3.63, 3.8) is 0 Å². The molecular formula is C19H31NO. The molecule has 0 bridgehead atoms. The highest BCUT2D eigenvalue weighted by Crippen LogP contribution is 2.59. The Labute approximate surface area is 130 Å². The Balaban J connectivity index is 2.20. The lowest BCUT2D eigenvalue weighted by Crippen LogP contribution is -2.55. The third kappa shape index (κ3) is 3.26. The molecule has 1 aromatic rings. The summed E-state index contributed by atoms with van der Waals surface area (Å²) < 4.78 is 5.30. The zero-order chi connectivity index (χ0) is 15.5. The third-order valence-electron chi connectivity index (χ3n) is 5.48. The minimum absolute atomic E-state index is 0.308. The summed E-state index contributed by atoms with van der Waals surface area (Å²) in [6, 6.07) is 9.26. The molecule has 0 heterocycles. The second kappa shape index (κ2) is 6.39. The summed E-state index contributed by atoms with van der Waals surface area (Å²) in [5, 5.41) is 3.67. The SMILES string of the molecule is CCC1(CC)CC(CNC(C)C)(c2ccc(OC)cc2)C1. The van der Waals surface area contributed by atoms with Crippen LogP contribution in [-0.2, 0) is 5.41 Å². The van der Waals surface area contributed by atoms with Gasteiger partial charge in [-0.3, -0.25) is 0 Å². The highest BCUT2D eigenvalue weighted by atomic mass is 16.5. The van der Waals surface area contributed by atoms with Gasteiger partial charge in [0.05, 0.1) is 7.11 Å². The molecule has 21 heavy (non-hydrogen) atoms. The molecule has 1 fully saturated rings. The summed E-state index contributed by atoms with van der Waals surface area (Å²) >= 11 is 0. The van der Waals surface area contributed by atoms with Crippen LogP contribution in [0.1, 0.15) is 58.9 Å². The van der Waals surface area contributed by atoms with E-state index in [0.717, 1.165) is 12.3 Å². The van der Waals surface area contributed by atoms with Crippen LogP contribution in [0.15, 0.2) is 24.3 Å². The first kappa shape index (κ1) is 16.4. The van der Waals surface area contributed by atoms with Crippen LogP contribution in [0.3, 0.4) is 0 Å². The fraction of sp³-hybridized carbons (Fsp3) is 0.684. The number of benzene rings is 1. The van der Waals surface area contributed by atoms with Crippen molar-refractivity contribution in [2.45, 2.75) is 64.8 Å². The first-order valence-corrected chi connectivity index (χ1v) is 8.37. The molecule has 2 rings (SSSR count).